The van der Waals surface area contributed by atoms with E-state index in [9.17, 15) is 14.4 Å². The molecule has 0 bridgehead atoms. The Labute approximate surface area is 119 Å². The van der Waals surface area contributed by atoms with Gasteiger partial charge in [0.05, 0.1) is 6.54 Å². The number of carboxylic acids is 1. The van der Waals surface area contributed by atoms with Gasteiger partial charge in [0.1, 0.15) is 6.04 Å². The van der Waals surface area contributed by atoms with Gasteiger partial charge in [-0.05, 0) is 24.1 Å². The van der Waals surface area contributed by atoms with Gasteiger partial charge in [0.2, 0.25) is 5.91 Å². The van der Waals surface area contributed by atoms with E-state index in [0.29, 0.717) is 5.56 Å². The van der Waals surface area contributed by atoms with Crippen molar-refractivity contribution >= 4 is 17.9 Å². The van der Waals surface area contributed by atoms with Gasteiger partial charge in [-0.15, -0.1) is 0 Å². The zero-order valence-electron chi connectivity index (χ0n) is 10.9. The summed E-state index contributed by atoms with van der Waals surface area (Å²) < 4.78 is 0. The van der Waals surface area contributed by atoms with Crippen LogP contribution in [0, 0.1) is 0 Å². The fraction of sp³-hybridized carbons (Fsp3) is 0.250. The number of nitrogens with one attached hydrogen (secondary N) is 2. The maximum absolute atomic E-state index is 10.4. The smallest absolute Gasteiger partial charge is 0.321 e. The van der Waals surface area contributed by atoms with E-state index in [1.165, 1.54) is 18.2 Å². The first-order chi connectivity index (χ1) is 9.79. The highest BCUT2D eigenvalue weighted by Gasteiger charge is 2.14. The van der Waals surface area contributed by atoms with Crippen molar-refractivity contribution in [2.24, 2.45) is 5.73 Å². The Hall–Kier alpha value is -2.81. The molecule has 9 nitrogen and oxygen atoms in total. The van der Waals surface area contributed by atoms with Crippen molar-refractivity contribution < 1.29 is 29.7 Å². The Morgan fingerprint density at radius 3 is 2.33 bits per heavy atom. The van der Waals surface area contributed by atoms with Crippen molar-refractivity contribution in [2.45, 2.75) is 12.5 Å². The molecule has 1 aromatic rings. The molecule has 0 aliphatic carbocycles. The Bertz CT molecular complexity index is 546. The number of aromatic hydroxyl groups is 2. The van der Waals surface area contributed by atoms with Crippen LogP contribution in [0.15, 0.2) is 18.2 Å². The summed E-state index contributed by atoms with van der Waals surface area (Å²) in [4.78, 5) is 30.5. The van der Waals surface area contributed by atoms with Gasteiger partial charge in [0.25, 0.3) is 0 Å². The summed E-state index contributed by atoms with van der Waals surface area (Å²) in [5.74, 6) is -1.87. The van der Waals surface area contributed by atoms with Crippen LogP contribution in [0.4, 0.5) is 4.79 Å². The highest BCUT2D eigenvalue weighted by molar-refractivity contribution is 6.01. The molecule has 1 aliphatic heterocycles. The van der Waals surface area contributed by atoms with Crippen LogP contribution in [-0.2, 0) is 16.0 Å². The average Bonchev–Trinajstić information content (AvgIpc) is 2.78. The zero-order chi connectivity index (χ0) is 16.0. The van der Waals surface area contributed by atoms with E-state index in [2.05, 4.69) is 5.32 Å². The van der Waals surface area contributed by atoms with Gasteiger partial charge in [0, 0.05) is 0 Å². The van der Waals surface area contributed by atoms with Crippen LogP contribution in [0.3, 0.4) is 0 Å². The number of rotatable bonds is 3. The lowest BCUT2D eigenvalue weighted by atomic mass is 10.1. The molecule has 0 aromatic heterocycles. The first-order valence-electron chi connectivity index (χ1n) is 5.86. The number of phenols is 2. The molecule has 1 fully saturated rings. The van der Waals surface area contributed by atoms with Crippen molar-refractivity contribution in [3.05, 3.63) is 23.8 Å². The molecule has 1 aromatic carbocycles. The number of carbonyl (C=O) groups excluding carboxylic acids is 2. The Balaban J connectivity index is 0.000000262. The van der Waals surface area contributed by atoms with Crippen LogP contribution in [-0.4, -0.2) is 45.8 Å². The Kier molecular flexibility index (Phi) is 5.49. The number of hydrogen-bond acceptors (Lipinski definition) is 6. The molecule has 114 valence electrons. The fourth-order valence-electron chi connectivity index (χ4n) is 1.41. The predicted molar refractivity (Wildman–Crippen MR) is 70.6 cm³/mol. The van der Waals surface area contributed by atoms with Crippen LogP contribution >= 0.6 is 0 Å². The van der Waals surface area contributed by atoms with Crippen molar-refractivity contribution in [1.29, 1.82) is 0 Å². The monoisotopic (exact) mass is 297 g/mol. The minimum atomic E-state index is -1.10. The van der Waals surface area contributed by atoms with E-state index in [1.807, 2.05) is 5.32 Å². The molecule has 0 spiro atoms. The van der Waals surface area contributed by atoms with Crippen LogP contribution in [0.1, 0.15) is 5.56 Å². The average molecular weight is 297 g/mol. The van der Waals surface area contributed by atoms with Gasteiger partial charge < -0.3 is 26.4 Å². The van der Waals surface area contributed by atoms with Gasteiger partial charge in [-0.25, -0.2) is 4.79 Å². The molecule has 21 heavy (non-hydrogen) atoms. The van der Waals surface area contributed by atoms with Gasteiger partial charge in [0.15, 0.2) is 11.5 Å². The molecule has 0 radical (unpaired) electrons. The van der Waals surface area contributed by atoms with E-state index < -0.39 is 18.0 Å². The molecule has 2 rings (SSSR count). The lowest BCUT2D eigenvalue weighted by molar-refractivity contribution is -0.138. The van der Waals surface area contributed by atoms with E-state index in [0.717, 1.165) is 0 Å². The summed E-state index contributed by atoms with van der Waals surface area (Å²) in [6.45, 7) is 0.124. The number of carboxylic acid groups (broad SMARTS) is 1. The van der Waals surface area contributed by atoms with Crippen LogP contribution in [0.25, 0.3) is 0 Å². The van der Waals surface area contributed by atoms with Gasteiger partial charge in [-0.2, -0.15) is 0 Å². The van der Waals surface area contributed by atoms with E-state index in [-0.39, 0.29) is 30.4 Å². The standard InChI is InChI=1S/C9H11NO4.C3H4N2O2/c10-6(9(13)14)3-5-1-2-7(11)8(12)4-5;6-2-1-4-3(7)5-2/h1-2,4,6,11-12H,3,10H2,(H,13,14);1H2,(H2,4,5,6,7). The quantitative estimate of drug-likeness (QED) is 0.304. The van der Waals surface area contributed by atoms with E-state index in [1.54, 1.807) is 0 Å². The van der Waals surface area contributed by atoms with E-state index >= 15 is 0 Å². The van der Waals surface area contributed by atoms with Crippen molar-refractivity contribution in [2.75, 3.05) is 6.54 Å². The first-order valence-corrected chi connectivity index (χ1v) is 5.86. The molecule has 1 heterocycles. The predicted octanol–water partition coefficient (Wildman–Crippen LogP) is -1.12. The van der Waals surface area contributed by atoms with Crippen molar-refractivity contribution in [1.82, 2.24) is 10.6 Å². The summed E-state index contributed by atoms with van der Waals surface area (Å²) in [5, 5.41) is 30.9. The second-order valence-corrected chi connectivity index (χ2v) is 4.20. The number of aliphatic carboxylic acids is 1. The summed E-state index contributed by atoms with van der Waals surface area (Å²) in [6, 6.07) is 2.69. The molecule has 1 unspecified atom stereocenters. The number of hydrogen-bond donors (Lipinski definition) is 6. The van der Waals surface area contributed by atoms with Crippen molar-refractivity contribution in [3.63, 3.8) is 0 Å². The van der Waals surface area contributed by atoms with E-state index in [4.69, 9.17) is 21.1 Å². The topological polar surface area (TPSA) is 162 Å². The molecular formula is C12H15N3O6. The summed E-state index contributed by atoms with van der Waals surface area (Å²) in [7, 11) is 0. The number of carbonyl (C=O) groups is 3. The van der Waals surface area contributed by atoms with Gasteiger partial charge in [-0.1, -0.05) is 6.07 Å². The lowest BCUT2D eigenvalue weighted by Gasteiger charge is -2.06. The number of imide groups is 1. The molecule has 1 saturated heterocycles. The summed E-state index contributed by atoms with van der Waals surface area (Å²) >= 11 is 0. The summed E-state index contributed by atoms with van der Waals surface area (Å²) in [6.07, 6.45) is 0.114. The lowest BCUT2D eigenvalue weighted by Crippen LogP contribution is -2.32. The fourth-order valence-corrected chi connectivity index (χ4v) is 1.41. The Morgan fingerprint density at radius 1 is 1.29 bits per heavy atom. The highest BCUT2D eigenvalue weighted by atomic mass is 16.4. The van der Waals surface area contributed by atoms with Crippen LogP contribution < -0.4 is 16.4 Å². The van der Waals surface area contributed by atoms with Crippen LogP contribution in [0.5, 0.6) is 11.5 Å². The second kappa shape index (κ2) is 7.10. The molecule has 1 atom stereocenters. The third-order valence-electron chi connectivity index (χ3n) is 2.48. The minimum Gasteiger partial charge on any atom is -0.504 e. The molecule has 7 N–H and O–H groups in total. The molecule has 1 aliphatic rings. The third-order valence-corrected chi connectivity index (χ3v) is 2.48. The largest absolute Gasteiger partial charge is 0.504 e. The third kappa shape index (κ3) is 5.37. The van der Waals surface area contributed by atoms with Gasteiger partial charge in [-0.3, -0.25) is 14.9 Å². The minimum absolute atomic E-state index is 0.114. The maximum Gasteiger partial charge on any atom is 0.321 e. The number of benzene rings is 1. The zero-order valence-corrected chi connectivity index (χ0v) is 10.9. The number of nitrogens with two attached hydrogens (primary N) is 1. The Morgan fingerprint density at radius 2 is 1.95 bits per heavy atom. The maximum atomic E-state index is 10.4. The number of amides is 3. The summed E-state index contributed by atoms with van der Waals surface area (Å²) in [5.41, 5.74) is 5.86. The van der Waals surface area contributed by atoms with Crippen molar-refractivity contribution in [3.8, 4) is 11.5 Å². The normalized spacial score (nSPS) is 14.5. The number of urea groups is 1. The SMILES string of the molecule is NC(Cc1ccc(O)c(O)c1)C(=O)O.O=C1CNC(=O)N1. The molecule has 0 saturated carbocycles. The molecular weight excluding hydrogens is 282 g/mol. The first kappa shape index (κ1) is 16.2. The van der Waals surface area contributed by atoms with Gasteiger partial charge >= 0.3 is 12.0 Å². The van der Waals surface area contributed by atoms with Crippen LogP contribution in [0.2, 0.25) is 0 Å². The number of phenolic OH excluding ortho intramolecular Hbond substituents is 2. The molecule has 3 amide bonds. The highest BCUT2D eigenvalue weighted by Crippen LogP contribution is 2.25. The second-order valence-electron chi connectivity index (χ2n) is 4.20. The molecule has 9 heteroatoms.